The molecule has 0 atom stereocenters. The van der Waals surface area contributed by atoms with E-state index in [1.165, 1.54) is 14.4 Å². The number of amides is 1. The van der Waals surface area contributed by atoms with Gasteiger partial charge in [-0.2, -0.15) is 0 Å². The van der Waals surface area contributed by atoms with Crippen LogP contribution >= 0.6 is 0 Å². The van der Waals surface area contributed by atoms with Gasteiger partial charge in [0.05, 0.1) is 13.1 Å². The number of nitrogens with one attached hydrogen (secondary N) is 2. The first-order valence-electron chi connectivity index (χ1n) is 10.5. The number of rotatable bonds is 8. The maximum atomic E-state index is 13.1. The van der Waals surface area contributed by atoms with Crippen molar-refractivity contribution in [2.45, 2.75) is 59.9 Å². The average molecular weight is 395 g/mol. The number of piperidine rings is 1. The fourth-order valence-electron chi connectivity index (χ4n) is 3.72. The predicted octanol–water partition coefficient (Wildman–Crippen LogP) is 0.223. The number of aromatic amines is 1. The molecule has 1 aliphatic heterocycles. The number of nitrogen functional groups attached to an aromatic ring is 1. The molecule has 0 bridgehead atoms. The Kier molecular flexibility index (Phi) is 7.86. The zero-order chi connectivity index (χ0) is 20.8. The number of aromatic nitrogens is 2. The molecule has 28 heavy (non-hydrogen) atoms. The van der Waals surface area contributed by atoms with Gasteiger partial charge in [-0.05, 0) is 31.1 Å². The maximum absolute atomic E-state index is 13.1. The van der Waals surface area contributed by atoms with E-state index >= 15 is 0 Å². The zero-order valence-electron chi connectivity index (χ0n) is 17.7. The molecule has 4 N–H and O–H groups in total. The number of nitrogens with two attached hydrogens (primary N) is 1. The number of hydrogen-bond donors (Lipinski definition) is 3. The molecule has 1 aliphatic rings. The lowest BCUT2D eigenvalue weighted by molar-refractivity contribution is -0.898. The largest absolute Gasteiger partial charge is 0.383 e. The SMILES string of the molecule is CCCCN(C(=O)C[NH+]1CCC(C)CC1)c1c(N)n(CC(C)C)c(=O)[nH]c1=O. The number of anilines is 2. The minimum atomic E-state index is -0.589. The van der Waals surface area contributed by atoms with Crippen LogP contribution in [-0.4, -0.2) is 41.6 Å². The Morgan fingerprint density at radius 1 is 1.32 bits per heavy atom. The molecule has 8 nitrogen and oxygen atoms in total. The summed E-state index contributed by atoms with van der Waals surface area (Å²) in [5, 5.41) is 0. The Labute approximate surface area is 166 Å². The molecule has 0 radical (unpaired) electrons. The molecule has 8 heteroatoms. The molecule has 1 aromatic rings. The summed E-state index contributed by atoms with van der Waals surface area (Å²) in [5.41, 5.74) is 5.23. The van der Waals surface area contributed by atoms with Crippen molar-refractivity contribution in [3.8, 4) is 0 Å². The fourth-order valence-corrected chi connectivity index (χ4v) is 3.72. The molecular formula is C20H36N5O3+. The first kappa shape index (κ1) is 22.2. The molecule has 0 aromatic carbocycles. The molecule has 1 amide bonds. The van der Waals surface area contributed by atoms with Crippen molar-refractivity contribution >= 4 is 17.4 Å². The molecule has 1 aromatic heterocycles. The van der Waals surface area contributed by atoms with E-state index < -0.39 is 11.2 Å². The quantitative estimate of drug-likeness (QED) is 0.587. The molecule has 2 rings (SSSR count). The van der Waals surface area contributed by atoms with E-state index in [9.17, 15) is 14.4 Å². The standard InChI is InChI=1S/C20H35N5O3/c1-5-6-9-24(16(26)13-23-10-7-15(4)8-11-23)17-18(21)25(12-14(2)3)20(28)22-19(17)27/h14-15H,5-13,21H2,1-4H3,(H,22,27,28)/p+1. The fraction of sp³-hybridized carbons (Fsp3) is 0.750. The molecule has 0 saturated carbocycles. The van der Waals surface area contributed by atoms with Gasteiger partial charge >= 0.3 is 5.69 Å². The normalized spacial score (nSPS) is 19.8. The highest BCUT2D eigenvalue weighted by Gasteiger charge is 2.28. The molecule has 1 saturated heterocycles. The van der Waals surface area contributed by atoms with E-state index in [1.54, 1.807) is 0 Å². The van der Waals surface area contributed by atoms with Gasteiger partial charge in [-0.15, -0.1) is 0 Å². The van der Waals surface area contributed by atoms with Crippen LogP contribution < -0.4 is 26.8 Å². The zero-order valence-corrected chi connectivity index (χ0v) is 17.7. The van der Waals surface area contributed by atoms with Gasteiger partial charge in [0.15, 0.2) is 12.2 Å². The highest BCUT2D eigenvalue weighted by atomic mass is 16.2. The highest BCUT2D eigenvalue weighted by molar-refractivity contribution is 5.96. The second-order valence-corrected chi connectivity index (χ2v) is 8.51. The van der Waals surface area contributed by atoms with Crippen LogP contribution in [0.5, 0.6) is 0 Å². The van der Waals surface area contributed by atoms with Crippen LogP contribution in [0.15, 0.2) is 9.59 Å². The number of unbranched alkanes of at least 4 members (excludes halogenated alkanes) is 1. The summed E-state index contributed by atoms with van der Waals surface area (Å²) in [4.78, 5) is 43.0. The first-order chi connectivity index (χ1) is 13.2. The van der Waals surface area contributed by atoms with E-state index in [0.717, 1.165) is 38.8 Å². The van der Waals surface area contributed by atoms with E-state index in [2.05, 4.69) is 11.9 Å². The Bertz CT molecular complexity index is 775. The van der Waals surface area contributed by atoms with Gasteiger partial charge in [-0.25, -0.2) is 4.79 Å². The molecule has 0 unspecified atom stereocenters. The number of nitrogens with zero attached hydrogens (tertiary/aromatic N) is 2. The van der Waals surface area contributed by atoms with Crippen LogP contribution in [0.2, 0.25) is 0 Å². The Morgan fingerprint density at radius 3 is 2.54 bits per heavy atom. The summed E-state index contributed by atoms with van der Waals surface area (Å²) in [6, 6.07) is 0. The summed E-state index contributed by atoms with van der Waals surface area (Å²) < 4.78 is 1.36. The lowest BCUT2D eigenvalue weighted by atomic mass is 9.99. The number of likely N-dealkylation sites (tertiary alicyclic amines) is 1. The van der Waals surface area contributed by atoms with E-state index in [4.69, 9.17) is 5.73 Å². The summed E-state index contributed by atoms with van der Waals surface area (Å²) in [5.74, 6) is 0.852. The van der Waals surface area contributed by atoms with Gasteiger partial charge < -0.3 is 10.6 Å². The smallest absolute Gasteiger partial charge is 0.330 e. The van der Waals surface area contributed by atoms with Crippen molar-refractivity contribution < 1.29 is 9.69 Å². The third-order valence-corrected chi connectivity index (χ3v) is 5.45. The van der Waals surface area contributed by atoms with Crippen LogP contribution in [0.3, 0.4) is 0 Å². The summed E-state index contributed by atoms with van der Waals surface area (Å²) in [7, 11) is 0. The third kappa shape index (κ3) is 5.47. The van der Waals surface area contributed by atoms with Crippen molar-refractivity contribution in [1.82, 2.24) is 9.55 Å². The van der Waals surface area contributed by atoms with Crippen molar-refractivity contribution in [3.63, 3.8) is 0 Å². The molecule has 2 heterocycles. The molecule has 0 aliphatic carbocycles. The number of hydrogen-bond acceptors (Lipinski definition) is 4. The van der Waals surface area contributed by atoms with Crippen LogP contribution in [0.25, 0.3) is 0 Å². The second-order valence-electron chi connectivity index (χ2n) is 8.51. The number of carbonyl (C=O) groups excluding carboxylic acids is 1. The minimum absolute atomic E-state index is 0.0779. The molecular weight excluding hydrogens is 358 g/mol. The van der Waals surface area contributed by atoms with Crippen molar-refractivity contribution in [1.29, 1.82) is 0 Å². The molecule has 1 fully saturated rings. The van der Waals surface area contributed by atoms with Crippen LogP contribution in [0, 0.1) is 11.8 Å². The second kappa shape index (κ2) is 9.91. The van der Waals surface area contributed by atoms with Gasteiger partial charge in [0.25, 0.3) is 11.5 Å². The van der Waals surface area contributed by atoms with Crippen molar-refractivity contribution in [2.75, 3.05) is 36.8 Å². The highest BCUT2D eigenvalue weighted by Crippen LogP contribution is 2.18. The van der Waals surface area contributed by atoms with E-state index in [-0.39, 0.29) is 23.3 Å². The molecule has 0 spiro atoms. The number of carbonyl (C=O) groups is 1. The maximum Gasteiger partial charge on any atom is 0.330 e. The lowest BCUT2D eigenvalue weighted by Crippen LogP contribution is -3.14. The Balaban J connectivity index is 2.35. The summed E-state index contributed by atoms with van der Waals surface area (Å²) in [6.07, 6.45) is 3.88. The minimum Gasteiger partial charge on any atom is -0.383 e. The van der Waals surface area contributed by atoms with Crippen molar-refractivity contribution in [2.24, 2.45) is 11.8 Å². The van der Waals surface area contributed by atoms with Crippen molar-refractivity contribution in [3.05, 3.63) is 20.8 Å². The van der Waals surface area contributed by atoms with Gasteiger partial charge in [-0.3, -0.25) is 24.0 Å². The van der Waals surface area contributed by atoms with Gasteiger partial charge in [0.2, 0.25) is 0 Å². The van der Waals surface area contributed by atoms with Gasteiger partial charge in [-0.1, -0.05) is 34.1 Å². The number of quaternary nitrogens is 1. The van der Waals surface area contributed by atoms with E-state index in [0.29, 0.717) is 25.6 Å². The van der Waals surface area contributed by atoms with Gasteiger partial charge in [0.1, 0.15) is 5.82 Å². The lowest BCUT2D eigenvalue weighted by Gasteiger charge is -2.30. The van der Waals surface area contributed by atoms with Gasteiger partial charge in [0, 0.05) is 13.1 Å². The first-order valence-corrected chi connectivity index (χ1v) is 10.5. The average Bonchev–Trinajstić information content (AvgIpc) is 2.63. The van der Waals surface area contributed by atoms with Crippen LogP contribution in [0.4, 0.5) is 11.5 Å². The van der Waals surface area contributed by atoms with Crippen LogP contribution in [-0.2, 0) is 11.3 Å². The van der Waals surface area contributed by atoms with Crippen LogP contribution in [0.1, 0.15) is 53.4 Å². The summed E-state index contributed by atoms with van der Waals surface area (Å²) in [6.45, 7) is 11.3. The monoisotopic (exact) mass is 394 g/mol. The third-order valence-electron chi connectivity index (χ3n) is 5.45. The topological polar surface area (TPSA) is 106 Å². The predicted molar refractivity (Wildman–Crippen MR) is 112 cm³/mol. The number of H-pyrrole nitrogens is 1. The summed E-state index contributed by atoms with van der Waals surface area (Å²) >= 11 is 0. The Hall–Kier alpha value is -2.09. The van der Waals surface area contributed by atoms with E-state index in [1.807, 2.05) is 20.8 Å². The molecule has 158 valence electrons. The Morgan fingerprint density at radius 2 is 1.96 bits per heavy atom.